The lowest BCUT2D eigenvalue weighted by atomic mass is 9.83. The number of aliphatic imine (C=N–C) groups is 1. The van der Waals surface area contributed by atoms with Crippen molar-refractivity contribution in [3.8, 4) is 11.1 Å². The third-order valence-corrected chi connectivity index (χ3v) is 12.3. The Kier molecular flexibility index (Phi) is 5.88. The predicted molar refractivity (Wildman–Crippen MR) is 208 cm³/mol. The van der Waals surface area contributed by atoms with Gasteiger partial charge in [0.05, 0.1) is 22.3 Å². The molecule has 11 rings (SSSR count). The van der Waals surface area contributed by atoms with Gasteiger partial charge in [0.25, 0.3) is 0 Å². The monoisotopic (exact) mass is 644 g/mol. The summed E-state index contributed by atoms with van der Waals surface area (Å²) in [5.41, 5.74) is 14.3. The number of thiophene rings is 1. The number of aryl methyl sites for hydroxylation is 2. The van der Waals surface area contributed by atoms with Crippen LogP contribution in [0, 0.1) is 0 Å². The molecule has 0 radical (unpaired) electrons. The van der Waals surface area contributed by atoms with E-state index in [1.807, 2.05) is 11.3 Å². The van der Waals surface area contributed by atoms with Crippen molar-refractivity contribution in [2.24, 2.45) is 4.99 Å². The van der Waals surface area contributed by atoms with E-state index in [4.69, 9.17) is 4.99 Å². The molecule has 1 aliphatic heterocycles. The maximum Gasteiger partial charge on any atom is 0.0795 e. The van der Waals surface area contributed by atoms with Gasteiger partial charge in [0.15, 0.2) is 0 Å². The Balaban J connectivity index is 1.26. The maximum absolute atomic E-state index is 5.85. The second kappa shape index (κ2) is 10.5. The molecule has 3 heteroatoms. The molecule has 0 amide bonds. The summed E-state index contributed by atoms with van der Waals surface area (Å²) in [4.78, 5) is 7.28. The topological polar surface area (TPSA) is 16.8 Å². The first-order valence-corrected chi connectivity index (χ1v) is 18.3. The van der Waals surface area contributed by atoms with Gasteiger partial charge >= 0.3 is 0 Å². The Labute approximate surface area is 288 Å². The number of hydrogen-bond donors (Lipinski definition) is 0. The van der Waals surface area contributed by atoms with Crippen molar-refractivity contribution in [2.45, 2.75) is 31.6 Å². The number of benzene rings is 6. The molecule has 49 heavy (non-hydrogen) atoms. The standard InChI is InChI=1S/C46H32N2S/c1-2-14-29(15-3-1)45-43-34-19-8-11-23-40(34)49-41(43)24-12-20-37(47-45)32-26-25-28-13-4-5-16-30(28)35-27-36-31-17-6-9-21-38(31)48-39-22-10-7-18-33(39)44(42(32)35)46(36)48/h1-11,13-23,27,32H,12,24-26H2. The van der Waals surface area contributed by atoms with Crippen molar-refractivity contribution >= 4 is 65.2 Å². The van der Waals surface area contributed by atoms with Gasteiger partial charge in [-0.3, -0.25) is 4.99 Å². The lowest BCUT2D eigenvalue weighted by Crippen LogP contribution is -2.12. The highest BCUT2D eigenvalue weighted by Gasteiger charge is 2.32. The van der Waals surface area contributed by atoms with Crippen LogP contribution in [0.25, 0.3) is 59.3 Å². The van der Waals surface area contributed by atoms with E-state index in [1.165, 1.54) is 92.1 Å². The molecule has 0 spiro atoms. The van der Waals surface area contributed by atoms with Crippen molar-refractivity contribution < 1.29 is 0 Å². The van der Waals surface area contributed by atoms with Crippen molar-refractivity contribution in [3.05, 3.63) is 172 Å². The minimum absolute atomic E-state index is 0.143. The summed E-state index contributed by atoms with van der Waals surface area (Å²) in [6, 6.07) is 49.4. The van der Waals surface area contributed by atoms with Gasteiger partial charge in [0.2, 0.25) is 0 Å². The number of nitrogens with zero attached hydrogens (tertiary/aromatic N) is 2. The SMILES string of the molecule is C1=C(C2CCc3ccccc3-c3cc4c5ccccc5n5c6ccccc6c(c32)c45)N=C(c2ccccc2)c2c(sc3ccccc23)CC1. The van der Waals surface area contributed by atoms with Crippen molar-refractivity contribution in [3.63, 3.8) is 0 Å². The van der Waals surface area contributed by atoms with Gasteiger partial charge in [-0.15, -0.1) is 11.3 Å². The van der Waals surface area contributed by atoms with Crippen LogP contribution in [0.4, 0.5) is 0 Å². The van der Waals surface area contributed by atoms with Gasteiger partial charge < -0.3 is 4.40 Å². The Bertz CT molecular complexity index is 2830. The molecule has 6 aromatic carbocycles. The number of allylic oxidation sites excluding steroid dienone is 2. The summed E-state index contributed by atoms with van der Waals surface area (Å²) < 4.78 is 3.87. The van der Waals surface area contributed by atoms with E-state index in [0.717, 1.165) is 31.4 Å². The molecule has 0 fully saturated rings. The molecule has 2 aliphatic rings. The van der Waals surface area contributed by atoms with Crippen LogP contribution in [0.1, 0.15) is 45.9 Å². The van der Waals surface area contributed by atoms with Gasteiger partial charge in [-0.1, -0.05) is 115 Å². The zero-order valence-electron chi connectivity index (χ0n) is 27.0. The van der Waals surface area contributed by atoms with Gasteiger partial charge in [0, 0.05) is 59.3 Å². The van der Waals surface area contributed by atoms with E-state index in [9.17, 15) is 0 Å². The number of rotatable bonds is 2. The van der Waals surface area contributed by atoms with Crippen LogP contribution in [0.15, 0.2) is 150 Å². The molecule has 0 saturated carbocycles. The van der Waals surface area contributed by atoms with Crippen molar-refractivity contribution in [2.75, 3.05) is 0 Å². The van der Waals surface area contributed by atoms with Crippen LogP contribution in [0.5, 0.6) is 0 Å². The predicted octanol–water partition coefficient (Wildman–Crippen LogP) is 12.1. The Hall–Kier alpha value is -5.51. The summed E-state index contributed by atoms with van der Waals surface area (Å²) >= 11 is 1.94. The van der Waals surface area contributed by atoms with Crippen LogP contribution in [0.3, 0.4) is 0 Å². The van der Waals surface area contributed by atoms with Crippen LogP contribution in [-0.2, 0) is 12.8 Å². The minimum atomic E-state index is 0.143. The summed E-state index contributed by atoms with van der Waals surface area (Å²) in [6.45, 7) is 0. The zero-order chi connectivity index (χ0) is 32.1. The van der Waals surface area contributed by atoms with E-state index in [1.54, 1.807) is 0 Å². The van der Waals surface area contributed by atoms with E-state index in [0.29, 0.717) is 0 Å². The average Bonchev–Trinajstić information content (AvgIpc) is 3.75. The highest BCUT2D eigenvalue weighted by atomic mass is 32.1. The van der Waals surface area contributed by atoms with E-state index >= 15 is 0 Å². The molecule has 232 valence electrons. The summed E-state index contributed by atoms with van der Waals surface area (Å²) in [5.74, 6) is 0.143. The third-order valence-electron chi connectivity index (χ3n) is 11.0. The van der Waals surface area contributed by atoms with E-state index in [2.05, 4.69) is 144 Å². The third kappa shape index (κ3) is 3.91. The summed E-state index contributed by atoms with van der Waals surface area (Å²) in [7, 11) is 0. The molecule has 3 aromatic heterocycles. The highest BCUT2D eigenvalue weighted by molar-refractivity contribution is 7.19. The summed E-state index contributed by atoms with van der Waals surface area (Å²) in [5, 5.41) is 6.70. The molecule has 1 atom stereocenters. The van der Waals surface area contributed by atoms with Crippen molar-refractivity contribution in [1.82, 2.24) is 4.40 Å². The molecular weight excluding hydrogens is 613 g/mol. The molecule has 9 aromatic rings. The first-order valence-electron chi connectivity index (χ1n) is 17.5. The first kappa shape index (κ1) is 27.4. The van der Waals surface area contributed by atoms with Gasteiger partial charge in [-0.2, -0.15) is 0 Å². The van der Waals surface area contributed by atoms with Gasteiger partial charge in [-0.25, -0.2) is 0 Å². The Morgan fingerprint density at radius 1 is 0.633 bits per heavy atom. The lowest BCUT2D eigenvalue weighted by Gasteiger charge is -2.23. The van der Waals surface area contributed by atoms with Crippen LogP contribution in [-0.4, -0.2) is 10.1 Å². The van der Waals surface area contributed by atoms with Crippen LogP contribution in [0.2, 0.25) is 0 Å². The second-order valence-electron chi connectivity index (χ2n) is 13.6. The fourth-order valence-electron chi connectivity index (χ4n) is 9.01. The van der Waals surface area contributed by atoms with E-state index in [-0.39, 0.29) is 5.92 Å². The summed E-state index contributed by atoms with van der Waals surface area (Å²) in [6.07, 6.45) is 6.51. The number of aromatic nitrogens is 1. The van der Waals surface area contributed by atoms with Crippen molar-refractivity contribution in [1.29, 1.82) is 0 Å². The fourth-order valence-corrected chi connectivity index (χ4v) is 10.2. The number of fused-ring (bicyclic) bond motifs is 13. The minimum Gasteiger partial charge on any atom is -0.308 e. The highest BCUT2D eigenvalue weighted by Crippen LogP contribution is 2.51. The molecule has 0 bridgehead atoms. The first-order chi connectivity index (χ1) is 24.3. The van der Waals surface area contributed by atoms with Gasteiger partial charge in [-0.05, 0) is 72.2 Å². The molecular formula is C46H32N2S. The zero-order valence-corrected chi connectivity index (χ0v) is 27.8. The molecule has 0 N–H and O–H groups in total. The normalized spacial score (nSPS) is 16.3. The van der Waals surface area contributed by atoms with Crippen LogP contribution < -0.4 is 0 Å². The number of para-hydroxylation sites is 2. The lowest BCUT2D eigenvalue weighted by molar-refractivity contribution is 0.704. The molecule has 2 nitrogen and oxygen atoms in total. The molecule has 1 unspecified atom stereocenters. The maximum atomic E-state index is 5.85. The molecule has 0 saturated heterocycles. The van der Waals surface area contributed by atoms with E-state index < -0.39 is 0 Å². The fraction of sp³-hybridized carbons (Fsp3) is 0.109. The largest absolute Gasteiger partial charge is 0.308 e. The smallest absolute Gasteiger partial charge is 0.0795 e. The Morgan fingerprint density at radius 3 is 2.22 bits per heavy atom. The van der Waals surface area contributed by atoms with Crippen LogP contribution >= 0.6 is 11.3 Å². The molecule has 4 heterocycles. The average molecular weight is 645 g/mol. The second-order valence-corrected chi connectivity index (χ2v) is 14.8. The number of hydrogen-bond acceptors (Lipinski definition) is 2. The quantitative estimate of drug-likeness (QED) is 0.178. The van der Waals surface area contributed by atoms with Gasteiger partial charge in [0.1, 0.15) is 0 Å². The Morgan fingerprint density at radius 2 is 1.35 bits per heavy atom. The molecule has 1 aliphatic carbocycles.